The summed E-state index contributed by atoms with van der Waals surface area (Å²) in [4.78, 5) is 11.7. The van der Waals surface area contributed by atoms with Gasteiger partial charge in [0.2, 0.25) is 5.95 Å². The highest BCUT2D eigenvalue weighted by molar-refractivity contribution is 5.94. The van der Waals surface area contributed by atoms with Crippen molar-refractivity contribution in [1.82, 2.24) is 24.6 Å². The molecular weight excluding hydrogens is 362 g/mol. The van der Waals surface area contributed by atoms with Crippen LogP contribution in [0.2, 0.25) is 0 Å². The second-order valence-corrected chi connectivity index (χ2v) is 7.10. The van der Waals surface area contributed by atoms with Crippen LogP contribution in [0.1, 0.15) is 18.4 Å². The third-order valence-electron chi connectivity index (χ3n) is 5.17. The minimum atomic E-state index is -2.72. The van der Waals surface area contributed by atoms with E-state index in [0.29, 0.717) is 18.5 Å². The maximum absolute atomic E-state index is 13.9. The highest BCUT2D eigenvalue weighted by atomic mass is 19.3. The summed E-state index contributed by atoms with van der Waals surface area (Å²) >= 11 is 0. The highest BCUT2D eigenvalue weighted by Crippen LogP contribution is 2.43. The number of nitrogens with one attached hydrogen (secondary N) is 2. The molecule has 0 bridgehead atoms. The van der Waals surface area contributed by atoms with Gasteiger partial charge in [-0.3, -0.25) is 0 Å². The fourth-order valence-electron chi connectivity index (χ4n) is 3.40. The van der Waals surface area contributed by atoms with E-state index in [-0.39, 0.29) is 5.95 Å². The van der Waals surface area contributed by atoms with E-state index in [0.717, 1.165) is 27.6 Å². The van der Waals surface area contributed by atoms with Crippen LogP contribution in [0.15, 0.2) is 43.5 Å². The van der Waals surface area contributed by atoms with Gasteiger partial charge in [0.15, 0.2) is 0 Å². The van der Waals surface area contributed by atoms with E-state index in [4.69, 9.17) is 0 Å². The number of rotatable bonds is 6. The summed E-state index contributed by atoms with van der Waals surface area (Å²) in [5.41, 5.74) is 4.40. The molecule has 1 aliphatic carbocycles. The van der Waals surface area contributed by atoms with Crippen molar-refractivity contribution in [3.05, 3.63) is 49.1 Å². The molecule has 4 aromatic rings. The van der Waals surface area contributed by atoms with Gasteiger partial charge in [0.1, 0.15) is 5.65 Å². The van der Waals surface area contributed by atoms with Crippen molar-refractivity contribution >= 4 is 28.6 Å². The van der Waals surface area contributed by atoms with E-state index >= 15 is 0 Å². The Morgan fingerprint density at radius 3 is 3.00 bits per heavy atom. The van der Waals surface area contributed by atoms with Gasteiger partial charge in [-0.05, 0) is 30.5 Å². The van der Waals surface area contributed by atoms with E-state index in [1.54, 1.807) is 23.0 Å². The van der Waals surface area contributed by atoms with Gasteiger partial charge in [-0.15, -0.1) is 0 Å². The summed E-state index contributed by atoms with van der Waals surface area (Å²) in [5, 5.41) is 7.78. The third kappa shape index (κ3) is 2.81. The standard InChI is InChI=1S/C20H18F2N6/c1-2-12-8-26-28-6-5-13(7-17(12)28)15-9-23-18-16(15)10-24-19(27-18)25-11-20(21,22)14-3-4-14/h2,5-10,14H,1,3-4,11H2,(H2,23,24,25,27). The molecule has 4 heterocycles. The Hall–Kier alpha value is -3.29. The van der Waals surface area contributed by atoms with Gasteiger partial charge in [-0.25, -0.2) is 18.3 Å². The molecule has 0 unspecified atom stereocenters. The molecular formula is C20H18F2N6. The molecule has 0 radical (unpaired) electrons. The maximum Gasteiger partial charge on any atom is 0.267 e. The molecule has 0 atom stereocenters. The normalized spacial score (nSPS) is 14.6. The number of pyridine rings is 1. The number of nitrogens with zero attached hydrogens (tertiary/aromatic N) is 4. The number of alkyl halides is 2. The smallest absolute Gasteiger partial charge is 0.267 e. The average Bonchev–Trinajstić information content (AvgIpc) is 3.37. The first-order valence-corrected chi connectivity index (χ1v) is 9.11. The van der Waals surface area contributed by atoms with Gasteiger partial charge in [-0.2, -0.15) is 10.1 Å². The number of anilines is 1. The van der Waals surface area contributed by atoms with Crippen molar-refractivity contribution in [2.75, 3.05) is 11.9 Å². The molecule has 0 amide bonds. The van der Waals surface area contributed by atoms with Crippen molar-refractivity contribution in [3.8, 4) is 11.1 Å². The largest absolute Gasteiger partial charge is 0.348 e. The Balaban J connectivity index is 1.45. The maximum atomic E-state index is 13.9. The molecule has 8 heteroatoms. The fourth-order valence-corrected chi connectivity index (χ4v) is 3.40. The Morgan fingerprint density at radius 2 is 2.21 bits per heavy atom. The number of hydrogen-bond acceptors (Lipinski definition) is 4. The van der Waals surface area contributed by atoms with Crippen LogP contribution < -0.4 is 5.32 Å². The molecule has 0 saturated heterocycles. The average molecular weight is 380 g/mol. The van der Waals surface area contributed by atoms with Crippen LogP contribution in [-0.2, 0) is 0 Å². The second kappa shape index (κ2) is 6.12. The lowest BCUT2D eigenvalue weighted by Gasteiger charge is -2.15. The van der Waals surface area contributed by atoms with Crippen molar-refractivity contribution in [3.63, 3.8) is 0 Å². The SMILES string of the molecule is C=Cc1cnn2ccc(-c3c[nH]c4nc(NCC(F)(F)C5CC5)ncc34)cc12. The third-order valence-corrected chi connectivity index (χ3v) is 5.17. The van der Waals surface area contributed by atoms with Gasteiger partial charge in [0.05, 0.1) is 18.3 Å². The molecule has 2 N–H and O–H groups in total. The van der Waals surface area contributed by atoms with Crippen LogP contribution in [0.3, 0.4) is 0 Å². The molecule has 0 aliphatic heterocycles. The van der Waals surface area contributed by atoms with E-state index in [1.165, 1.54) is 0 Å². The van der Waals surface area contributed by atoms with Crippen LogP contribution in [0.4, 0.5) is 14.7 Å². The van der Waals surface area contributed by atoms with Crippen LogP contribution in [0, 0.1) is 5.92 Å². The molecule has 0 spiro atoms. The molecule has 1 saturated carbocycles. The zero-order chi connectivity index (χ0) is 19.3. The minimum Gasteiger partial charge on any atom is -0.348 e. The number of aromatic amines is 1. The van der Waals surface area contributed by atoms with E-state index < -0.39 is 18.4 Å². The summed E-state index contributed by atoms with van der Waals surface area (Å²) in [5.74, 6) is -3.04. The van der Waals surface area contributed by atoms with E-state index in [2.05, 4.69) is 31.9 Å². The number of fused-ring (bicyclic) bond motifs is 2. The molecule has 1 fully saturated rings. The van der Waals surface area contributed by atoms with E-state index in [9.17, 15) is 8.78 Å². The summed E-state index contributed by atoms with van der Waals surface area (Å²) in [6.45, 7) is 3.37. The summed E-state index contributed by atoms with van der Waals surface area (Å²) < 4.78 is 29.5. The number of hydrogen-bond donors (Lipinski definition) is 2. The van der Waals surface area contributed by atoms with Gasteiger partial charge in [-0.1, -0.05) is 12.7 Å². The van der Waals surface area contributed by atoms with Gasteiger partial charge in [0.25, 0.3) is 5.92 Å². The van der Waals surface area contributed by atoms with Gasteiger partial charge < -0.3 is 10.3 Å². The Morgan fingerprint density at radius 1 is 1.36 bits per heavy atom. The monoisotopic (exact) mass is 380 g/mol. The zero-order valence-electron chi connectivity index (χ0n) is 15.0. The Bertz CT molecular complexity index is 1190. The van der Waals surface area contributed by atoms with Gasteiger partial charge >= 0.3 is 0 Å². The fraction of sp³-hybridized carbons (Fsp3) is 0.250. The molecule has 142 valence electrons. The predicted octanol–water partition coefficient (Wildman–Crippen LogP) is 4.37. The van der Waals surface area contributed by atoms with Crippen molar-refractivity contribution < 1.29 is 8.78 Å². The minimum absolute atomic E-state index is 0.196. The Kier molecular flexibility index (Phi) is 3.68. The summed E-state index contributed by atoms with van der Waals surface area (Å²) in [6.07, 6.45) is 10.1. The molecule has 5 rings (SSSR count). The molecule has 28 heavy (non-hydrogen) atoms. The molecule has 6 nitrogen and oxygen atoms in total. The van der Waals surface area contributed by atoms with Gasteiger partial charge in [0, 0.05) is 41.0 Å². The number of H-pyrrole nitrogens is 1. The van der Waals surface area contributed by atoms with Crippen LogP contribution >= 0.6 is 0 Å². The number of halogens is 2. The van der Waals surface area contributed by atoms with E-state index in [1.807, 2.05) is 24.5 Å². The topological polar surface area (TPSA) is 70.9 Å². The summed E-state index contributed by atoms with van der Waals surface area (Å²) in [7, 11) is 0. The molecule has 1 aliphatic rings. The van der Waals surface area contributed by atoms with Crippen molar-refractivity contribution in [2.24, 2.45) is 5.92 Å². The molecule has 0 aromatic carbocycles. The first-order valence-electron chi connectivity index (χ1n) is 9.11. The lowest BCUT2D eigenvalue weighted by atomic mass is 10.1. The summed E-state index contributed by atoms with van der Waals surface area (Å²) in [6, 6.07) is 3.98. The first-order chi connectivity index (χ1) is 13.5. The quantitative estimate of drug-likeness (QED) is 0.521. The highest BCUT2D eigenvalue weighted by Gasteiger charge is 2.46. The van der Waals surface area contributed by atoms with Crippen LogP contribution in [0.5, 0.6) is 0 Å². The lowest BCUT2D eigenvalue weighted by molar-refractivity contribution is -0.00831. The lowest BCUT2D eigenvalue weighted by Crippen LogP contribution is -2.29. The second-order valence-electron chi connectivity index (χ2n) is 7.10. The molecule has 4 aromatic heterocycles. The van der Waals surface area contributed by atoms with Crippen molar-refractivity contribution in [1.29, 1.82) is 0 Å². The Labute approximate surface area is 159 Å². The number of aromatic nitrogens is 5. The zero-order valence-corrected chi connectivity index (χ0v) is 15.0. The van der Waals surface area contributed by atoms with Crippen LogP contribution in [0.25, 0.3) is 33.8 Å². The van der Waals surface area contributed by atoms with Crippen LogP contribution in [-0.4, -0.2) is 37.0 Å². The van der Waals surface area contributed by atoms with Crippen molar-refractivity contribution in [2.45, 2.75) is 18.8 Å². The first kappa shape index (κ1) is 16.9. The predicted molar refractivity (Wildman–Crippen MR) is 104 cm³/mol.